The van der Waals surface area contributed by atoms with Crippen molar-refractivity contribution in [3.8, 4) is 5.75 Å². The Labute approximate surface area is 130 Å². The standard InChI is InChI=1S/C13H11FINO3S/c14-20(17,18)19-13-6-4-10(5-7-13)9-16-12-3-1-2-11(15)8-12/h1-8,16H,9H2. The van der Waals surface area contributed by atoms with Gasteiger partial charge in [0.15, 0.2) is 0 Å². The number of hydrogen-bond donors (Lipinski definition) is 1. The fraction of sp³-hybridized carbons (Fsp3) is 0.0769. The van der Waals surface area contributed by atoms with Crippen molar-refractivity contribution >= 4 is 38.8 Å². The predicted molar refractivity (Wildman–Crippen MR) is 83.6 cm³/mol. The Kier molecular flexibility index (Phi) is 4.81. The van der Waals surface area contributed by atoms with Crippen LogP contribution >= 0.6 is 22.6 Å². The maximum absolute atomic E-state index is 12.3. The second-order valence-electron chi connectivity index (χ2n) is 3.98. The van der Waals surface area contributed by atoms with Crippen LogP contribution in [0.2, 0.25) is 0 Å². The lowest BCUT2D eigenvalue weighted by molar-refractivity contribution is 0.440. The number of hydrogen-bond acceptors (Lipinski definition) is 4. The summed E-state index contributed by atoms with van der Waals surface area (Å²) in [5, 5.41) is 3.23. The lowest BCUT2D eigenvalue weighted by Gasteiger charge is -2.07. The summed E-state index contributed by atoms with van der Waals surface area (Å²) in [6.45, 7) is 0.572. The summed E-state index contributed by atoms with van der Waals surface area (Å²) >= 11 is 2.23. The second kappa shape index (κ2) is 6.40. The average molecular weight is 407 g/mol. The van der Waals surface area contributed by atoms with Crippen molar-refractivity contribution in [1.29, 1.82) is 0 Å². The van der Waals surface area contributed by atoms with E-state index in [1.54, 1.807) is 12.1 Å². The first-order chi connectivity index (χ1) is 9.42. The van der Waals surface area contributed by atoms with Gasteiger partial charge in [0, 0.05) is 15.8 Å². The number of anilines is 1. The molecule has 0 aliphatic heterocycles. The first-order valence-corrected chi connectivity index (χ1v) is 8.03. The molecule has 106 valence electrons. The topological polar surface area (TPSA) is 55.4 Å². The van der Waals surface area contributed by atoms with Gasteiger partial charge in [-0.15, -0.1) is 0 Å². The van der Waals surface area contributed by atoms with E-state index >= 15 is 0 Å². The van der Waals surface area contributed by atoms with E-state index < -0.39 is 10.5 Å². The summed E-state index contributed by atoms with van der Waals surface area (Å²) in [6, 6.07) is 14.1. The predicted octanol–water partition coefficient (Wildman–Crippen LogP) is 3.50. The SMILES string of the molecule is O=S(=O)(F)Oc1ccc(CNc2cccc(I)c2)cc1. The molecule has 0 atom stereocenters. The van der Waals surface area contributed by atoms with E-state index in [0.29, 0.717) is 6.54 Å². The first-order valence-electron chi connectivity index (χ1n) is 5.65. The Balaban J connectivity index is 1.97. The van der Waals surface area contributed by atoms with E-state index in [0.717, 1.165) is 14.8 Å². The maximum Gasteiger partial charge on any atom is 0.488 e. The van der Waals surface area contributed by atoms with Gasteiger partial charge in [-0.3, -0.25) is 0 Å². The van der Waals surface area contributed by atoms with Gasteiger partial charge in [0.1, 0.15) is 5.75 Å². The summed E-state index contributed by atoms with van der Waals surface area (Å²) in [6.07, 6.45) is 0. The third-order valence-electron chi connectivity index (χ3n) is 2.44. The summed E-state index contributed by atoms with van der Waals surface area (Å²) in [4.78, 5) is 0. The highest BCUT2D eigenvalue weighted by Crippen LogP contribution is 2.17. The highest BCUT2D eigenvalue weighted by Gasteiger charge is 2.08. The van der Waals surface area contributed by atoms with Crippen LogP contribution in [0.25, 0.3) is 0 Å². The fourth-order valence-electron chi connectivity index (χ4n) is 1.58. The molecule has 0 aliphatic rings. The van der Waals surface area contributed by atoms with E-state index in [9.17, 15) is 12.3 Å². The molecule has 0 aromatic heterocycles. The van der Waals surface area contributed by atoms with Gasteiger partial charge in [0.25, 0.3) is 0 Å². The molecular formula is C13H11FINO3S. The van der Waals surface area contributed by atoms with Gasteiger partial charge in [0.2, 0.25) is 0 Å². The molecule has 0 saturated heterocycles. The quantitative estimate of drug-likeness (QED) is 0.609. The van der Waals surface area contributed by atoms with Crippen LogP contribution in [0.4, 0.5) is 9.57 Å². The molecule has 2 aromatic carbocycles. The summed E-state index contributed by atoms with van der Waals surface area (Å²) in [5.74, 6) is -0.0505. The van der Waals surface area contributed by atoms with Gasteiger partial charge in [-0.2, -0.15) is 8.42 Å². The molecular weight excluding hydrogens is 396 g/mol. The molecule has 2 aromatic rings. The van der Waals surface area contributed by atoms with Gasteiger partial charge < -0.3 is 9.50 Å². The number of benzene rings is 2. The molecule has 20 heavy (non-hydrogen) atoms. The zero-order valence-electron chi connectivity index (χ0n) is 10.2. The third kappa shape index (κ3) is 4.97. The van der Waals surface area contributed by atoms with Crippen molar-refractivity contribution < 1.29 is 16.5 Å². The van der Waals surface area contributed by atoms with Crippen molar-refractivity contribution in [2.24, 2.45) is 0 Å². The molecule has 0 spiro atoms. The molecule has 0 saturated carbocycles. The Morgan fingerprint density at radius 2 is 1.85 bits per heavy atom. The van der Waals surface area contributed by atoms with Crippen molar-refractivity contribution in [1.82, 2.24) is 0 Å². The minimum absolute atomic E-state index is 0.0505. The van der Waals surface area contributed by atoms with Crippen molar-refractivity contribution in [3.63, 3.8) is 0 Å². The number of halogens is 2. The smallest absolute Gasteiger partial charge is 0.381 e. The van der Waals surface area contributed by atoms with E-state index in [2.05, 4.69) is 32.1 Å². The van der Waals surface area contributed by atoms with Gasteiger partial charge in [-0.05, 0) is 58.5 Å². The average Bonchev–Trinajstić information content (AvgIpc) is 2.36. The molecule has 7 heteroatoms. The lowest BCUT2D eigenvalue weighted by Crippen LogP contribution is -2.02. The van der Waals surface area contributed by atoms with Crippen molar-refractivity contribution in [2.45, 2.75) is 6.54 Å². The zero-order chi connectivity index (χ0) is 14.6. The van der Waals surface area contributed by atoms with Crippen LogP contribution in [-0.2, 0) is 17.0 Å². The molecule has 0 heterocycles. The van der Waals surface area contributed by atoms with Crippen LogP contribution in [0.3, 0.4) is 0 Å². The fourth-order valence-corrected chi connectivity index (χ4v) is 2.46. The Hall–Kier alpha value is -1.35. The molecule has 0 fully saturated rings. The summed E-state index contributed by atoms with van der Waals surface area (Å²) < 4.78 is 38.2. The summed E-state index contributed by atoms with van der Waals surface area (Å²) in [7, 11) is -4.97. The third-order valence-corrected chi connectivity index (χ3v) is 3.50. The van der Waals surface area contributed by atoms with Gasteiger partial charge >= 0.3 is 10.5 Å². The van der Waals surface area contributed by atoms with Crippen LogP contribution in [0, 0.1) is 3.57 Å². The second-order valence-corrected chi connectivity index (χ2v) is 6.18. The van der Waals surface area contributed by atoms with Crippen molar-refractivity contribution in [2.75, 3.05) is 5.32 Å². The molecule has 0 aliphatic carbocycles. The van der Waals surface area contributed by atoms with Gasteiger partial charge in [0.05, 0.1) is 0 Å². The van der Waals surface area contributed by atoms with E-state index in [1.807, 2.05) is 24.3 Å². The molecule has 2 rings (SSSR count). The van der Waals surface area contributed by atoms with Crippen LogP contribution in [-0.4, -0.2) is 8.42 Å². The normalized spacial score (nSPS) is 11.1. The zero-order valence-corrected chi connectivity index (χ0v) is 13.2. The van der Waals surface area contributed by atoms with Crippen LogP contribution in [0.1, 0.15) is 5.56 Å². The van der Waals surface area contributed by atoms with E-state index in [4.69, 9.17) is 0 Å². The minimum Gasteiger partial charge on any atom is -0.381 e. The van der Waals surface area contributed by atoms with Crippen LogP contribution in [0.15, 0.2) is 48.5 Å². The molecule has 4 nitrogen and oxygen atoms in total. The maximum atomic E-state index is 12.3. The lowest BCUT2D eigenvalue weighted by atomic mass is 10.2. The Bertz CT molecular complexity index is 689. The molecule has 1 N–H and O–H groups in total. The van der Waals surface area contributed by atoms with E-state index in [-0.39, 0.29) is 5.75 Å². The molecule has 0 bridgehead atoms. The van der Waals surface area contributed by atoms with Crippen LogP contribution < -0.4 is 9.50 Å². The van der Waals surface area contributed by atoms with Gasteiger partial charge in [-0.25, -0.2) is 0 Å². The number of rotatable bonds is 5. The van der Waals surface area contributed by atoms with E-state index in [1.165, 1.54) is 12.1 Å². The highest BCUT2D eigenvalue weighted by atomic mass is 127. The monoisotopic (exact) mass is 407 g/mol. The molecule has 0 amide bonds. The molecule has 0 radical (unpaired) electrons. The Morgan fingerprint density at radius 1 is 1.15 bits per heavy atom. The van der Waals surface area contributed by atoms with Gasteiger partial charge in [-0.1, -0.05) is 22.1 Å². The van der Waals surface area contributed by atoms with Crippen LogP contribution in [0.5, 0.6) is 5.75 Å². The summed E-state index contributed by atoms with van der Waals surface area (Å²) in [5.41, 5.74) is 1.91. The minimum atomic E-state index is -4.97. The largest absolute Gasteiger partial charge is 0.488 e. The first kappa shape index (κ1) is 15.0. The number of nitrogens with one attached hydrogen (secondary N) is 1. The van der Waals surface area contributed by atoms with Crippen molar-refractivity contribution in [3.05, 3.63) is 57.7 Å². The highest BCUT2D eigenvalue weighted by molar-refractivity contribution is 14.1. The molecule has 0 unspecified atom stereocenters. The Morgan fingerprint density at radius 3 is 2.45 bits per heavy atom.